The highest BCUT2D eigenvalue weighted by atomic mass is 79.9. The van der Waals surface area contributed by atoms with Crippen LogP contribution in [-0.2, 0) is 4.74 Å². The van der Waals surface area contributed by atoms with E-state index in [1.165, 1.54) is 0 Å². The van der Waals surface area contributed by atoms with Crippen LogP contribution in [0.25, 0.3) is 0 Å². The second-order valence-corrected chi connectivity index (χ2v) is 3.98. The molecule has 0 saturated heterocycles. The molecule has 4 heteroatoms. The fourth-order valence-corrected chi connectivity index (χ4v) is 1.21. The molecule has 0 saturated carbocycles. The van der Waals surface area contributed by atoms with Gasteiger partial charge in [0, 0.05) is 11.4 Å². The number of carbonyl (C=O) groups is 1. The molecule has 0 aliphatic heterocycles. The Kier molecular flexibility index (Phi) is 8.19. The van der Waals surface area contributed by atoms with E-state index in [2.05, 4.69) is 21.2 Å². The summed E-state index contributed by atoms with van der Waals surface area (Å²) in [5.41, 5.74) is 0. The standard InChI is InChI=1S/C9H18BrNO2/c1-8(2)11-9(12)13-7-5-3-4-6-10/h8H,3-7H2,1-2H3,(H,11,12). The first-order chi connectivity index (χ1) is 6.16. The zero-order chi connectivity index (χ0) is 10.1. The topological polar surface area (TPSA) is 38.3 Å². The van der Waals surface area contributed by atoms with Gasteiger partial charge < -0.3 is 10.1 Å². The molecule has 0 atom stereocenters. The maximum absolute atomic E-state index is 10.9. The highest BCUT2D eigenvalue weighted by Crippen LogP contribution is 1.98. The van der Waals surface area contributed by atoms with Gasteiger partial charge in [-0.25, -0.2) is 4.79 Å². The van der Waals surface area contributed by atoms with Gasteiger partial charge in [0.2, 0.25) is 0 Å². The lowest BCUT2D eigenvalue weighted by Crippen LogP contribution is -2.30. The zero-order valence-corrected chi connectivity index (χ0v) is 9.89. The van der Waals surface area contributed by atoms with Crippen molar-refractivity contribution in [3.8, 4) is 0 Å². The van der Waals surface area contributed by atoms with E-state index in [0.717, 1.165) is 24.6 Å². The Hall–Kier alpha value is -0.250. The Labute approximate surface area is 88.4 Å². The number of halogens is 1. The first kappa shape index (κ1) is 12.8. The molecule has 0 aromatic carbocycles. The largest absolute Gasteiger partial charge is 0.450 e. The van der Waals surface area contributed by atoms with Crippen LogP contribution in [0.4, 0.5) is 4.79 Å². The third kappa shape index (κ3) is 9.67. The number of hydrogen-bond donors (Lipinski definition) is 1. The summed E-state index contributed by atoms with van der Waals surface area (Å²) in [6, 6.07) is 0.148. The fraction of sp³-hybridized carbons (Fsp3) is 0.889. The highest BCUT2D eigenvalue weighted by molar-refractivity contribution is 9.09. The maximum atomic E-state index is 10.9. The van der Waals surface area contributed by atoms with Crippen LogP contribution in [0.5, 0.6) is 0 Å². The van der Waals surface area contributed by atoms with E-state index in [0.29, 0.717) is 6.61 Å². The van der Waals surface area contributed by atoms with E-state index in [4.69, 9.17) is 4.74 Å². The fourth-order valence-electron chi connectivity index (χ4n) is 0.816. The number of carbonyl (C=O) groups excluding carboxylic acids is 1. The summed E-state index contributed by atoms with van der Waals surface area (Å²) >= 11 is 3.34. The quantitative estimate of drug-likeness (QED) is 0.583. The van der Waals surface area contributed by atoms with Gasteiger partial charge in [0.1, 0.15) is 0 Å². The summed E-state index contributed by atoms with van der Waals surface area (Å²) in [7, 11) is 0. The Morgan fingerprint density at radius 1 is 1.38 bits per heavy atom. The number of rotatable bonds is 6. The van der Waals surface area contributed by atoms with Crippen molar-refractivity contribution in [2.75, 3.05) is 11.9 Å². The number of hydrogen-bond acceptors (Lipinski definition) is 2. The molecule has 13 heavy (non-hydrogen) atoms. The van der Waals surface area contributed by atoms with E-state index >= 15 is 0 Å². The molecule has 0 aromatic heterocycles. The monoisotopic (exact) mass is 251 g/mol. The second-order valence-electron chi connectivity index (χ2n) is 3.18. The molecular weight excluding hydrogens is 234 g/mol. The van der Waals surface area contributed by atoms with Crippen molar-refractivity contribution >= 4 is 22.0 Å². The van der Waals surface area contributed by atoms with Crippen molar-refractivity contribution < 1.29 is 9.53 Å². The summed E-state index contributed by atoms with van der Waals surface area (Å²) < 4.78 is 4.93. The molecule has 1 N–H and O–H groups in total. The lowest BCUT2D eigenvalue weighted by Gasteiger charge is -2.08. The normalized spacial score (nSPS) is 10.2. The van der Waals surface area contributed by atoms with Gasteiger partial charge in [-0.05, 0) is 33.1 Å². The molecule has 0 aliphatic rings. The maximum Gasteiger partial charge on any atom is 0.407 e. The Morgan fingerprint density at radius 2 is 2.08 bits per heavy atom. The minimum atomic E-state index is -0.311. The molecule has 0 heterocycles. The first-order valence-corrected chi connectivity index (χ1v) is 5.78. The van der Waals surface area contributed by atoms with Crippen LogP contribution in [0.15, 0.2) is 0 Å². The molecule has 0 radical (unpaired) electrons. The number of nitrogens with one attached hydrogen (secondary N) is 1. The Bertz CT molecular complexity index is 140. The van der Waals surface area contributed by atoms with Crippen LogP contribution >= 0.6 is 15.9 Å². The summed E-state index contributed by atoms with van der Waals surface area (Å²) in [6.45, 7) is 4.34. The van der Waals surface area contributed by atoms with E-state index in [9.17, 15) is 4.79 Å². The average molecular weight is 252 g/mol. The van der Waals surface area contributed by atoms with E-state index in [1.807, 2.05) is 13.8 Å². The van der Waals surface area contributed by atoms with Gasteiger partial charge in [0.15, 0.2) is 0 Å². The lowest BCUT2D eigenvalue weighted by atomic mass is 10.3. The molecule has 78 valence electrons. The van der Waals surface area contributed by atoms with E-state index < -0.39 is 0 Å². The second kappa shape index (κ2) is 8.35. The predicted octanol–water partition coefficient (Wildman–Crippen LogP) is 2.69. The van der Waals surface area contributed by atoms with E-state index in [1.54, 1.807) is 0 Å². The van der Waals surface area contributed by atoms with Gasteiger partial charge in [0.25, 0.3) is 0 Å². The molecule has 0 rings (SSSR count). The van der Waals surface area contributed by atoms with Crippen molar-refractivity contribution in [1.82, 2.24) is 5.32 Å². The van der Waals surface area contributed by atoms with Crippen molar-refractivity contribution in [2.24, 2.45) is 0 Å². The number of unbranched alkanes of at least 4 members (excludes halogenated alkanes) is 2. The number of ether oxygens (including phenoxy) is 1. The number of alkyl carbamates (subject to hydrolysis) is 1. The van der Waals surface area contributed by atoms with Gasteiger partial charge in [-0.2, -0.15) is 0 Å². The van der Waals surface area contributed by atoms with Crippen LogP contribution in [0.1, 0.15) is 33.1 Å². The molecule has 3 nitrogen and oxygen atoms in total. The summed E-state index contributed by atoms with van der Waals surface area (Å²) in [5.74, 6) is 0. The van der Waals surface area contributed by atoms with Gasteiger partial charge >= 0.3 is 6.09 Å². The third-order valence-corrected chi connectivity index (χ3v) is 1.98. The molecule has 0 aromatic rings. The highest BCUT2D eigenvalue weighted by Gasteiger charge is 2.02. The van der Waals surface area contributed by atoms with Gasteiger partial charge in [0.05, 0.1) is 6.61 Å². The molecule has 0 spiro atoms. The molecule has 0 unspecified atom stereocenters. The SMILES string of the molecule is CC(C)NC(=O)OCCCCCBr. The molecular formula is C9H18BrNO2. The van der Waals surface area contributed by atoms with Crippen LogP contribution in [0, 0.1) is 0 Å². The smallest absolute Gasteiger partial charge is 0.407 e. The molecule has 0 bridgehead atoms. The number of amides is 1. The summed E-state index contributed by atoms with van der Waals surface area (Å²) in [5, 5.41) is 3.68. The van der Waals surface area contributed by atoms with Gasteiger partial charge in [-0.1, -0.05) is 15.9 Å². The first-order valence-electron chi connectivity index (χ1n) is 4.66. The van der Waals surface area contributed by atoms with Crippen molar-refractivity contribution in [1.29, 1.82) is 0 Å². The summed E-state index contributed by atoms with van der Waals surface area (Å²) in [6.07, 6.45) is 2.86. The van der Waals surface area contributed by atoms with E-state index in [-0.39, 0.29) is 12.1 Å². The molecule has 0 aliphatic carbocycles. The van der Waals surface area contributed by atoms with Crippen LogP contribution in [-0.4, -0.2) is 24.1 Å². The Morgan fingerprint density at radius 3 is 2.62 bits per heavy atom. The van der Waals surface area contributed by atoms with Crippen LogP contribution < -0.4 is 5.32 Å². The number of alkyl halides is 1. The Balaban J connectivity index is 3.17. The lowest BCUT2D eigenvalue weighted by molar-refractivity contribution is 0.141. The zero-order valence-electron chi connectivity index (χ0n) is 8.31. The van der Waals surface area contributed by atoms with Crippen molar-refractivity contribution in [2.45, 2.75) is 39.2 Å². The predicted molar refractivity (Wildman–Crippen MR) is 57.3 cm³/mol. The van der Waals surface area contributed by atoms with Crippen molar-refractivity contribution in [3.63, 3.8) is 0 Å². The summed E-state index contributed by atoms with van der Waals surface area (Å²) in [4.78, 5) is 10.9. The van der Waals surface area contributed by atoms with Gasteiger partial charge in [-0.3, -0.25) is 0 Å². The van der Waals surface area contributed by atoms with Crippen LogP contribution in [0.2, 0.25) is 0 Å². The van der Waals surface area contributed by atoms with Crippen LogP contribution in [0.3, 0.4) is 0 Å². The van der Waals surface area contributed by atoms with Gasteiger partial charge in [-0.15, -0.1) is 0 Å². The minimum absolute atomic E-state index is 0.148. The minimum Gasteiger partial charge on any atom is -0.450 e. The molecule has 0 fully saturated rings. The third-order valence-electron chi connectivity index (χ3n) is 1.42. The average Bonchev–Trinajstić information content (AvgIpc) is 2.02. The van der Waals surface area contributed by atoms with Crippen molar-refractivity contribution in [3.05, 3.63) is 0 Å². The molecule has 1 amide bonds.